The molecule has 0 N–H and O–H groups in total. The molecular formula is C14H19NO3. The summed E-state index contributed by atoms with van der Waals surface area (Å²) in [4.78, 5) is 27.9. The molecule has 1 aromatic rings. The first-order valence-corrected chi connectivity index (χ1v) is 5.92. The summed E-state index contributed by atoms with van der Waals surface area (Å²) in [5.41, 5.74) is 2.69. The lowest BCUT2D eigenvalue weighted by Crippen LogP contribution is -2.30. The number of hydrogen-bond acceptors (Lipinski definition) is 3. The van der Waals surface area contributed by atoms with E-state index < -0.39 is 0 Å². The minimum absolute atomic E-state index is 0.0417. The number of benzene rings is 1. The fraction of sp³-hybridized carbons (Fsp3) is 0.429. The molecule has 0 saturated heterocycles. The van der Waals surface area contributed by atoms with Crippen LogP contribution < -0.4 is 5.06 Å². The molecule has 1 aromatic carbocycles. The van der Waals surface area contributed by atoms with Crippen LogP contribution in [0.4, 0.5) is 5.69 Å². The van der Waals surface area contributed by atoms with Gasteiger partial charge in [-0.15, -0.1) is 0 Å². The van der Waals surface area contributed by atoms with Crippen LogP contribution in [-0.4, -0.2) is 18.3 Å². The molecule has 0 aromatic heterocycles. The van der Waals surface area contributed by atoms with Crippen molar-refractivity contribution in [2.75, 3.05) is 11.7 Å². The van der Waals surface area contributed by atoms with Crippen molar-refractivity contribution in [1.29, 1.82) is 0 Å². The molecule has 0 heterocycles. The summed E-state index contributed by atoms with van der Waals surface area (Å²) in [7, 11) is 0. The molecular weight excluding hydrogens is 230 g/mol. The largest absolute Gasteiger partial charge is 0.300 e. The molecule has 4 heteroatoms. The van der Waals surface area contributed by atoms with Gasteiger partial charge in [0.1, 0.15) is 5.78 Å². The van der Waals surface area contributed by atoms with Gasteiger partial charge in [0.15, 0.2) is 0 Å². The topological polar surface area (TPSA) is 46.6 Å². The number of para-hydroxylation sites is 1. The number of hydrogen-bond donors (Lipinski definition) is 0. The van der Waals surface area contributed by atoms with Gasteiger partial charge >= 0.3 is 0 Å². The van der Waals surface area contributed by atoms with Crippen molar-refractivity contribution in [2.45, 2.75) is 34.1 Å². The summed E-state index contributed by atoms with van der Waals surface area (Å²) in [6, 6.07) is 5.78. The van der Waals surface area contributed by atoms with Gasteiger partial charge < -0.3 is 0 Å². The molecule has 0 bridgehead atoms. The number of carbonyl (C=O) groups excluding carboxylic acids is 2. The van der Waals surface area contributed by atoms with Crippen LogP contribution in [0.25, 0.3) is 0 Å². The Kier molecular flexibility index (Phi) is 5.04. The number of amides is 1. The van der Waals surface area contributed by atoms with E-state index in [1.54, 1.807) is 0 Å². The summed E-state index contributed by atoms with van der Waals surface area (Å²) in [5, 5.41) is 1.27. The SMILES string of the molecule is CC(=O)CCON(C(C)=O)c1c(C)cccc1C. The van der Waals surface area contributed by atoms with E-state index in [0.29, 0.717) is 6.42 Å². The molecule has 0 aliphatic heterocycles. The van der Waals surface area contributed by atoms with Gasteiger partial charge in [-0.25, -0.2) is 0 Å². The average molecular weight is 249 g/mol. The van der Waals surface area contributed by atoms with Gasteiger partial charge in [0, 0.05) is 13.3 Å². The van der Waals surface area contributed by atoms with Crippen molar-refractivity contribution >= 4 is 17.4 Å². The van der Waals surface area contributed by atoms with E-state index in [1.165, 1.54) is 18.9 Å². The first kappa shape index (κ1) is 14.4. The van der Waals surface area contributed by atoms with Crippen LogP contribution in [0, 0.1) is 13.8 Å². The number of nitrogens with zero attached hydrogens (tertiary/aromatic N) is 1. The Balaban J connectivity index is 2.91. The number of carbonyl (C=O) groups is 2. The monoisotopic (exact) mass is 249 g/mol. The second kappa shape index (κ2) is 6.31. The number of aryl methyl sites for hydroxylation is 2. The highest BCUT2D eigenvalue weighted by atomic mass is 16.7. The van der Waals surface area contributed by atoms with Crippen molar-refractivity contribution in [3.8, 4) is 0 Å². The highest BCUT2D eigenvalue weighted by molar-refractivity contribution is 5.91. The van der Waals surface area contributed by atoms with Crippen LogP contribution in [0.1, 0.15) is 31.4 Å². The van der Waals surface area contributed by atoms with Crippen molar-refractivity contribution in [3.63, 3.8) is 0 Å². The molecule has 0 unspecified atom stereocenters. The van der Waals surface area contributed by atoms with Crippen molar-refractivity contribution < 1.29 is 14.4 Å². The van der Waals surface area contributed by atoms with Crippen molar-refractivity contribution in [2.24, 2.45) is 0 Å². The Hall–Kier alpha value is -1.68. The first-order chi connectivity index (χ1) is 8.43. The molecule has 1 rings (SSSR count). The van der Waals surface area contributed by atoms with Crippen LogP contribution in [0.15, 0.2) is 18.2 Å². The fourth-order valence-electron chi connectivity index (χ4n) is 1.72. The second-order valence-corrected chi connectivity index (χ2v) is 4.34. The van der Waals surface area contributed by atoms with Crippen molar-refractivity contribution in [3.05, 3.63) is 29.3 Å². The van der Waals surface area contributed by atoms with Gasteiger partial charge in [0.2, 0.25) is 5.91 Å². The fourth-order valence-corrected chi connectivity index (χ4v) is 1.72. The highest BCUT2D eigenvalue weighted by Gasteiger charge is 2.17. The highest BCUT2D eigenvalue weighted by Crippen LogP contribution is 2.25. The molecule has 0 aliphatic rings. The summed E-state index contributed by atoms with van der Waals surface area (Å²) in [6.07, 6.45) is 0.300. The van der Waals surface area contributed by atoms with E-state index in [2.05, 4.69) is 0 Å². The minimum atomic E-state index is -0.198. The van der Waals surface area contributed by atoms with Gasteiger partial charge in [0.25, 0.3) is 0 Å². The van der Waals surface area contributed by atoms with Gasteiger partial charge in [-0.1, -0.05) is 18.2 Å². The lowest BCUT2D eigenvalue weighted by atomic mass is 10.1. The summed E-state index contributed by atoms with van der Waals surface area (Å²) >= 11 is 0. The Morgan fingerprint density at radius 1 is 1.17 bits per heavy atom. The van der Waals surface area contributed by atoms with Gasteiger partial charge in [-0.05, 0) is 31.9 Å². The summed E-state index contributed by atoms with van der Waals surface area (Å²) in [6.45, 7) is 7.00. The predicted molar refractivity (Wildman–Crippen MR) is 70.3 cm³/mol. The van der Waals surface area contributed by atoms with Crippen molar-refractivity contribution in [1.82, 2.24) is 0 Å². The summed E-state index contributed by atoms with van der Waals surface area (Å²) in [5.74, 6) is -0.157. The number of rotatable bonds is 5. The minimum Gasteiger partial charge on any atom is -0.300 e. The quantitative estimate of drug-likeness (QED) is 0.753. The van der Waals surface area contributed by atoms with Crippen LogP contribution in [0.5, 0.6) is 0 Å². The predicted octanol–water partition coefficient (Wildman–Crippen LogP) is 2.57. The molecule has 0 fully saturated rings. The van der Waals surface area contributed by atoms with Gasteiger partial charge in [-0.3, -0.25) is 14.4 Å². The van der Waals surface area contributed by atoms with E-state index in [1.807, 2.05) is 32.0 Å². The van der Waals surface area contributed by atoms with Crippen LogP contribution >= 0.6 is 0 Å². The maximum atomic E-state index is 11.6. The molecule has 1 amide bonds. The maximum absolute atomic E-state index is 11.6. The number of hydroxylamine groups is 1. The van der Waals surface area contributed by atoms with E-state index in [0.717, 1.165) is 16.8 Å². The Labute approximate surface area is 108 Å². The van der Waals surface area contributed by atoms with E-state index >= 15 is 0 Å². The molecule has 0 spiro atoms. The van der Waals surface area contributed by atoms with Crippen LogP contribution in [-0.2, 0) is 14.4 Å². The van der Waals surface area contributed by atoms with E-state index in [4.69, 9.17) is 4.84 Å². The molecule has 98 valence electrons. The van der Waals surface area contributed by atoms with E-state index in [9.17, 15) is 9.59 Å². The Morgan fingerprint density at radius 2 is 1.72 bits per heavy atom. The molecule has 18 heavy (non-hydrogen) atoms. The Morgan fingerprint density at radius 3 is 2.17 bits per heavy atom. The average Bonchev–Trinajstić information content (AvgIpc) is 2.25. The van der Waals surface area contributed by atoms with E-state index in [-0.39, 0.29) is 18.3 Å². The number of anilines is 1. The number of Topliss-reactive ketones (excluding diaryl/α,β-unsaturated/α-hetero) is 1. The molecule has 0 aliphatic carbocycles. The molecule has 0 atom stereocenters. The normalized spacial score (nSPS) is 10.2. The lowest BCUT2D eigenvalue weighted by molar-refractivity contribution is -0.126. The smallest absolute Gasteiger partial charge is 0.247 e. The maximum Gasteiger partial charge on any atom is 0.247 e. The zero-order chi connectivity index (χ0) is 13.7. The second-order valence-electron chi connectivity index (χ2n) is 4.34. The van der Waals surface area contributed by atoms with Gasteiger partial charge in [-0.2, -0.15) is 5.06 Å². The molecule has 0 radical (unpaired) electrons. The molecule has 0 saturated carbocycles. The first-order valence-electron chi connectivity index (χ1n) is 5.92. The Bertz CT molecular complexity index is 434. The standard InChI is InChI=1S/C14H19NO3/c1-10-6-5-7-11(2)14(10)15(13(4)17)18-9-8-12(3)16/h5-7H,8-9H2,1-4H3. The third-order valence-corrected chi connectivity index (χ3v) is 2.60. The summed E-state index contributed by atoms with van der Waals surface area (Å²) < 4.78 is 0. The number of ketones is 1. The zero-order valence-corrected chi connectivity index (χ0v) is 11.3. The van der Waals surface area contributed by atoms with Crippen LogP contribution in [0.2, 0.25) is 0 Å². The lowest BCUT2D eigenvalue weighted by Gasteiger charge is -2.23. The van der Waals surface area contributed by atoms with Crippen LogP contribution in [0.3, 0.4) is 0 Å². The third kappa shape index (κ3) is 3.67. The zero-order valence-electron chi connectivity index (χ0n) is 11.3. The molecule has 4 nitrogen and oxygen atoms in total. The van der Waals surface area contributed by atoms with Gasteiger partial charge in [0.05, 0.1) is 12.3 Å². The third-order valence-electron chi connectivity index (χ3n) is 2.60.